The maximum absolute atomic E-state index is 14.4. The van der Waals surface area contributed by atoms with Crippen LogP contribution in [0.15, 0.2) is 25.3 Å². The van der Waals surface area contributed by atoms with Gasteiger partial charge in [-0.2, -0.15) is 0 Å². The number of ether oxygens (including phenoxy) is 2. The topological polar surface area (TPSA) is 96.4 Å². The molecule has 2 amide bonds. The Bertz CT molecular complexity index is 915. The summed E-state index contributed by atoms with van der Waals surface area (Å²) < 4.78 is 12.1. The van der Waals surface area contributed by atoms with E-state index in [9.17, 15) is 19.5 Å². The fraction of sp³-hybridized carbons (Fsp3) is 0.750. The minimum absolute atomic E-state index is 0.0167. The van der Waals surface area contributed by atoms with Crippen LogP contribution in [0.25, 0.3) is 0 Å². The molecule has 0 aromatic carbocycles. The minimum atomic E-state index is -1.18. The number of nitrogens with zero attached hydrogens (tertiary/aromatic N) is 2. The molecule has 0 aliphatic carbocycles. The number of hydrogen-bond donors (Lipinski definition) is 1. The molecule has 3 fully saturated rings. The van der Waals surface area contributed by atoms with Gasteiger partial charge in [0.05, 0.1) is 31.2 Å². The molecule has 1 spiro atoms. The van der Waals surface area contributed by atoms with Gasteiger partial charge < -0.3 is 24.4 Å². The molecule has 2 bridgehead atoms. The normalized spacial score (nSPS) is 30.8. The van der Waals surface area contributed by atoms with Crippen molar-refractivity contribution in [1.82, 2.24) is 9.80 Å². The zero-order valence-corrected chi connectivity index (χ0v) is 24.5. The van der Waals surface area contributed by atoms with Crippen LogP contribution in [0.4, 0.5) is 0 Å². The highest BCUT2D eigenvalue weighted by Crippen LogP contribution is 2.60. The monoisotopic (exact) mass is 582 g/mol. The number of β-amino-alcohol motifs (C(OH)–C–C–N with tert-alkyl or cyclic N) is 1. The number of rotatable bonds is 12. The highest BCUT2D eigenvalue weighted by Gasteiger charge is 2.77. The van der Waals surface area contributed by atoms with E-state index in [2.05, 4.69) is 49.9 Å². The molecule has 0 saturated carbocycles. The van der Waals surface area contributed by atoms with Crippen LogP contribution in [0.1, 0.15) is 60.3 Å². The Morgan fingerprint density at radius 2 is 1.95 bits per heavy atom. The summed E-state index contributed by atoms with van der Waals surface area (Å²) in [7, 11) is 0. The van der Waals surface area contributed by atoms with Crippen molar-refractivity contribution >= 4 is 33.7 Å². The van der Waals surface area contributed by atoms with Gasteiger partial charge in [-0.05, 0) is 44.9 Å². The number of alkyl halides is 1. The molecule has 3 heterocycles. The number of carbonyl (C=O) groups excluding carboxylic acids is 3. The first-order valence-electron chi connectivity index (χ1n) is 13.2. The van der Waals surface area contributed by atoms with Crippen LogP contribution in [-0.2, 0) is 23.9 Å². The summed E-state index contributed by atoms with van der Waals surface area (Å²) in [5.41, 5.74) is -1.77. The fourth-order valence-electron chi connectivity index (χ4n) is 6.83. The Morgan fingerprint density at radius 3 is 2.51 bits per heavy atom. The number of likely N-dealkylation sites (tertiary alicyclic amines) is 1. The van der Waals surface area contributed by atoms with E-state index in [0.29, 0.717) is 19.4 Å². The van der Waals surface area contributed by atoms with E-state index in [4.69, 9.17) is 9.47 Å². The molecular weight excluding hydrogens is 540 g/mol. The van der Waals surface area contributed by atoms with Crippen molar-refractivity contribution in [2.45, 2.75) is 88.4 Å². The summed E-state index contributed by atoms with van der Waals surface area (Å²) in [6, 6.07) is -0.958. The van der Waals surface area contributed by atoms with Crippen LogP contribution < -0.4 is 0 Å². The third-order valence-corrected chi connectivity index (χ3v) is 8.55. The number of aliphatic hydroxyl groups excluding tert-OH is 1. The molecule has 3 saturated heterocycles. The first kappa shape index (κ1) is 29.8. The number of fused-ring (bicyclic) bond motifs is 1. The molecule has 3 unspecified atom stereocenters. The first-order valence-corrected chi connectivity index (χ1v) is 14.1. The lowest BCUT2D eigenvalue weighted by atomic mass is 9.70. The third kappa shape index (κ3) is 5.55. The van der Waals surface area contributed by atoms with E-state index in [1.807, 2.05) is 13.8 Å². The highest BCUT2D eigenvalue weighted by atomic mass is 79.9. The van der Waals surface area contributed by atoms with Gasteiger partial charge in [-0.15, -0.1) is 13.2 Å². The zero-order chi connectivity index (χ0) is 27.8. The third-order valence-electron chi connectivity index (χ3n) is 7.70. The quantitative estimate of drug-likeness (QED) is 0.164. The second kappa shape index (κ2) is 11.2. The molecule has 3 aliphatic rings. The molecule has 9 heteroatoms. The van der Waals surface area contributed by atoms with Gasteiger partial charge in [-0.25, -0.2) is 0 Å². The number of hydrogen-bond acceptors (Lipinski definition) is 6. The van der Waals surface area contributed by atoms with Gasteiger partial charge in [-0.1, -0.05) is 48.9 Å². The smallest absolute Gasteiger partial charge is 0.312 e. The second-order valence-corrected chi connectivity index (χ2v) is 13.5. The van der Waals surface area contributed by atoms with Crippen LogP contribution in [0.5, 0.6) is 0 Å². The van der Waals surface area contributed by atoms with Gasteiger partial charge in [0.2, 0.25) is 11.8 Å². The molecule has 1 N–H and O–H groups in total. The largest absolute Gasteiger partial charge is 0.465 e. The lowest BCUT2D eigenvalue weighted by Gasteiger charge is -2.45. The van der Waals surface area contributed by atoms with Gasteiger partial charge in [0.1, 0.15) is 11.6 Å². The number of carbonyl (C=O) groups is 3. The number of halogens is 1. The molecule has 8 nitrogen and oxygen atoms in total. The molecule has 3 aliphatic heterocycles. The van der Waals surface area contributed by atoms with Crippen LogP contribution in [0.3, 0.4) is 0 Å². The van der Waals surface area contributed by atoms with Crippen molar-refractivity contribution in [2.24, 2.45) is 17.3 Å². The molecule has 208 valence electrons. The predicted molar refractivity (Wildman–Crippen MR) is 145 cm³/mol. The lowest BCUT2D eigenvalue weighted by molar-refractivity contribution is -0.156. The Balaban J connectivity index is 2.01. The maximum Gasteiger partial charge on any atom is 0.312 e. The van der Waals surface area contributed by atoms with Crippen LogP contribution in [0, 0.1) is 17.3 Å². The summed E-state index contributed by atoms with van der Waals surface area (Å²) in [6.07, 6.45) is 5.38. The lowest BCUT2D eigenvalue weighted by Crippen LogP contribution is -2.61. The van der Waals surface area contributed by atoms with E-state index < -0.39 is 41.1 Å². The van der Waals surface area contributed by atoms with Crippen LogP contribution in [-0.4, -0.2) is 87.1 Å². The fourth-order valence-corrected chi connectivity index (χ4v) is 7.77. The summed E-state index contributed by atoms with van der Waals surface area (Å²) in [6.45, 7) is 18.2. The number of amides is 2. The van der Waals surface area contributed by atoms with E-state index >= 15 is 0 Å². The molecule has 0 aromatic rings. The van der Waals surface area contributed by atoms with E-state index in [0.717, 1.165) is 12.8 Å². The van der Waals surface area contributed by atoms with Crippen molar-refractivity contribution < 1.29 is 29.0 Å². The van der Waals surface area contributed by atoms with E-state index in [-0.39, 0.29) is 41.8 Å². The average molecular weight is 584 g/mol. The Morgan fingerprint density at radius 1 is 1.27 bits per heavy atom. The Kier molecular flexibility index (Phi) is 9.02. The number of aliphatic hydroxyl groups is 1. The van der Waals surface area contributed by atoms with Gasteiger partial charge in [0, 0.05) is 23.5 Å². The summed E-state index contributed by atoms with van der Waals surface area (Å²) in [4.78, 5) is 44.5. The van der Waals surface area contributed by atoms with Gasteiger partial charge >= 0.3 is 5.97 Å². The molecule has 0 aromatic heterocycles. The van der Waals surface area contributed by atoms with Gasteiger partial charge in [0.15, 0.2) is 0 Å². The van der Waals surface area contributed by atoms with Crippen molar-refractivity contribution in [2.75, 3.05) is 26.3 Å². The predicted octanol–water partition coefficient (Wildman–Crippen LogP) is 3.47. The molecule has 0 radical (unpaired) electrons. The molecular formula is C28H43BrN2O6. The van der Waals surface area contributed by atoms with Crippen molar-refractivity contribution in [3.8, 4) is 0 Å². The van der Waals surface area contributed by atoms with Crippen molar-refractivity contribution in [1.29, 1.82) is 0 Å². The molecule has 37 heavy (non-hydrogen) atoms. The number of allylic oxidation sites excluding steroid dienone is 1. The summed E-state index contributed by atoms with van der Waals surface area (Å²) >= 11 is 3.66. The van der Waals surface area contributed by atoms with Crippen molar-refractivity contribution in [3.63, 3.8) is 0 Å². The van der Waals surface area contributed by atoms with Crippen LogP contribution >= 0.6 is 15.9 Å². The Hall–Kier alpha value is -1.71. The van der Waals surface area contributed by atoms with Gasteiger partial charge in [0.25, 0.3) is 0 Å². The average Bonchev–Trinajstić information content (AvgIpc) is 3.37. The van der Waals surface area contributed by atoms with E-state index in [1.54, 1.807) is 17.1 Å². The SMILES string of the molecule is C=CCCCOC(=O)[C@H]1[C@H]2C(=O)N(CCO)C(C(=O)N(CC=C)C(C)(C)CC(C)(C)C)C23CC(Br)[C@@H]1O3. The minimum Gasteiger partial charge on any atom is -0.465 e. The number of esters is 1. The van der Waals surface area contributed by atoms with Gasteiger partial charge in [-0.3, -0.25) is 14.4 Å². The summed E-state index contributed by atoms with van der Waals surface area (Å²) in [5.74, 6) is -2.72. The number of unbranched alkanes of at least 4 members (excludes halogenated alkanes) is 1. The Labute approximate surface area is 229 Å². The van der Waals surface area contributed by atoms with Crippen LogP contribution in [0.2, 0.25) is 0 Å². The van der Waals surface area contributed by atoms with E-state index in [1.165, 1.54) is 4.90 Å². The maximum atomic E-state index is 14.4. The second-order valence-electron chi connectivity index (χ2n) is 12.3. The molecule has 3 rings (SSSR count). The zero-order valence-electron chi connectivity index (χ0n) is 22.9. The highest BCUT2D eigenvalue weighted by molar-refractivity contribution is 9.09. The first-order chi connectivity index (χ1) is 17.3. The molecule has 6 atom stereocenters. The summed E-state index contributed by atoms with van der Waals surface area (Å²) in [5, 5.41) is 9.84. The standard InChI is InChI=1S/C28H43BrN2O6/c1-8-10-11-15-36-25(35)19-20-23(33)30(13-14-32)22(28(20)16-18(29)21(19)37-28)24(34)31(12-9-2)27(6,7)17-26(3,4)5/h8-9,18-22,32H,1-2,10-17H2,3-7H3/t18?,19-,20-,21-,22?,28?/m0/s1. The van der Waals surface area contributed by atoms with Crippen molar-refractivity contribution in [3.05, 3.63) is 25.3 Å².